The van der Waals surface area contributed by atoms with Crippen molar-refractivity contribution in [1.29, 1.82) is 0 Å². The Labute approximate surface area is 263 Å². The highest BCUT2D eigenvalue weighted by atomic mass is 16.2. The monoisotopic (exact) mass is 592 g/mol. The van der Waals surface area contributed by atoms with Gasteiger partial charge in [-0.15, -0.1) is 0 Å². The predicted molar refractivity (Wildman–Crippen MR) is 183 cm³/mol. The summed E-state index contributed by atoms with van der Waals surface area (Å²) >= 11 is 0. The number of hydrogen-bond donors (Lipinski definition) is 2. The molecule has 6 nitrogen and oxygen atoms in total. The zero-order chi connectivity index (χ0) is 31.7. The summed E-state index contributed by atoms with van der Waals surface area (Å²) in [4.78, 5) is 37.0. The van der Waals surface area contributed by atoms with Crippen molar-refractivity contribution in [3.63, 3.8) is 0 Å². The Balaban J connectivity index is 1.23. The number of aryl methyl sites for hydroxylation is 4. The molecule has 0 spiro atoms. The molecule has 2 N–H and O–H groups in total. The van der Waals surface area contributed by atoms with Crippen molar-refractivity contribution in [2.75, 3.05) is 6.54 Å². The summed E-state index contributed by atoms with van der Waals surface area (Å²) in [6.45, 7) is 10.4. The van der Waals surface area contributed by atoms with E-state index >= 15 is 0 Å². The average molecular weight is 593 g/mol. The average Bonchev–Trinajstić information content (AvgIpc) is 3.02. The van der Waals surface area contributed by atoms with Crippen LogP contribution < -0.4 is 10.6 Å². The largest absolute Gasteiger partial charge is 0.350 e. The molecule has 6 rings (SSSR count). The van der Waals surface area contributed by atoms with Crippen molar-refractivity contribution >= 4 is 33.6 Å². The van der Waals surface area contributed by atoms with Crippen molar-refractivity contribution in [3.05, 3.63) is 130 Å². The van der Waals surface area contributed by atoms with Crippen molar-refractivity contribution < 1.29 is 9.59 Å². The van der Waals surface area contributed by atoms with E-state index in [1.54, 1.807) is 0 Å². The molecular formula is C39H36N4O2. The third-order valence-electron chi connectivity index (χ3n) is 8.18. The summed E-state index contributed by atoms with van der Waals surface area (Å²) in [5.41, 5.74) is 10.6. The maximum atomic E-state index is 13.7. The van der Waals surface area contributed by atoms with Crippen LogP contribution >= 0.6 is 0 Å². The Morgan fingerprint density at radius 3 is 1.58 bits per heavy atom. The highest BCUT2D eigenvalue weighted by Gasteiger charge is 2.19. The smallest absolute Gasteiger partial charge is 0.252 e. The molecule has 0 unspecified atom stereocenters. The van der Waals surface area contributed by atoms with Gasteiger partial charge in [0.25, 0.3) is 11.8 Å². The minimum absolute atomic E-state index is 0.215. The lowest BCUT2D eigenvalue weighted by molar-refractivity contribution is 0.0914. The van der Waals surface area contributed by atoms with E-state index in [9.17, 15) is 9.59 Å². The molecule has 0 aliphatic rings. The van der Waals surface area contributed by atoms with Gasteiger partial charge >= 0.3 is 0 Å². The molecule has 0 fully saturated rings. The number of benzene rings is 4. The molecule has 2 aromatic heterocycles. The van der Waals surface area contributed by atoms with Crippen molar-refractivity contribution in [2.45, 2.75) is 40.7 Å². The van der Waals surface area contributed by atoms with Crippen LogP contribution in [0, 0.1) is 27.7 Å². The lowest BCUT2D eigenvalue weighted by atomic mass is 9.99. The molecule has 0 aliphatic heterocycles. The molecule has 4 aromatic carbocycles. The van der Waals surface area contributed by atoms with Crippen LogP contribution in [-0.2, 0) is 0 Å². The van der Waals surface area contributed by atoms with Crippen LogP contribution in [-0.4, -0.2) is 34.4 Å². The molecule has 2 amide bonds. The minimum atomic E-state index is -0.329. The van der Waals surface area contributed by atoms with E-state index in [1.807, 2.05) is 67.6 Å². The van der Waals surface area contributed by atoms with Gasteiger partial charge in [0.2, 0.25) is 0 Å². The number of nitrogens with one attached hydrogen (secondary N) is 2. The van der Waals surface area contributed by atoms with Gasteiger partial charge in [0.15, 0.2) is 0 Å². The van der Waals surface area contributed by atoms with Gasteiger partial charge in [-0.05, 0) is 70.0 Å². The number of aromatic nitrogens is 2. The standard InChI is InChI=1S/C39H36N4O2/c1-23-14-16-28(25(3)18-23)36-20-32(30-10-6-8-12-34(30)42-36)38(44)40-22-27(5)41-39(45)33-21-37(29-17-15-24(2)19-26(29)4)43-35-13-9-7-11-31(33)35/h6-21,27H,22H2,1-5H3,(H,40,44)(H,41,45)/t27-/m1/s1. The van der Waals surface area contributed by atoms with Crippen molar-refractivity contribution in [2.24, 2.45) is 0 Å². The van der Waals surface area contributed by atoms with Crippen molar-refractivity contribution in [3.8, 4) is 22.5 Å². The Kier molecular flexibility index (Phi) is 8.14. The van der Waals surface area contributed by atoms with Crippen LogP contribution in [0.15, 0.2) is 97.1 Å². The molecule has 0 saturated carbocycles. The maximum absolute atomic E-state index is 13.7. The second-order valence-corrected chi connectivity index (χ2v) is 11.9. The first-order valence-electron chi connectivity index (χ1n) is 15.2. The SMILES string of the molecule is Cc1ccc(-c2cc(C(=O)NC[C@@H](C)NC(=O)c3cc(-c4ccc(C)cc4C)nc4ccccc34)c3ccccc3n2)c(C)c1. The lowest BCUT2D eigenvalue weighted by Crippen LogP contribution is -2.42. The summed E-state index contributed by atoms with van der Waals surface area (Å²) in [6.07, 6.45) is 0. The van der Waals surface area contributed by atoms with Crippen molar-refractivity contribution in [1.82, 2.24) is 20.6 Å². The normalized spacial score (nSPS) is 11.8. The van der Waals surface area contributed by atoms with E-state index in [2.05, 4.69) is 74.7 Å². The quantitative estimate of drug-likeness (QED) is 0.197. The third-order valence-corrected chi connectivity index (χ3v) is 8.18. The number of rotatable bonds is 7. The zero-order valence-corrected chi connectivity index (χ0v) is 26.2. The van der Waals surface area contributed by atoms with E-state index in [0.717, 1.165) is 55.4 Å². The molecule has 1 atom stereocenters. The first-order valence-corrected chi connectivity index (χ1v) is 15.2. The Hall–Kier alpha value is -5.36. The fourth-order valence-electron chi connectivity index (χ4n) is 5.90. The molecule has 45 heavy (non-hydrogen) atoms. The predicted octanol–water partition coefficient (Wildman–Crippen LogP) is 7.90. The molecule has 0 radical (unpaired) electrons. The molecule has 0 aliphatic carbocycles. The van der Waals surface area contributed by atoms with Gasteiger partial charge in [-0.2, -0.15) is 0 Å². The number of para-hydroxylation sites is 2. The van der Waals surface area contributed by atoms with Crippen LogP contribution in [0.25, 0.3) is 44.3 Å². The highest BCUT2D eigenvalue weighted by molar-refractivity contribution is 6.08. The van der Waals surface area contributed by atoms with Crippen LogP contribution in [0.3, 0.4) is 0 Å². The van der Waals surface area contributed by atoms with Crippen LogP contribution in [0.4, 0.5) is 0 Å². The highest BCUT2D eigenvalue weighted by Crippen LogP contribution is 2.29. The summed E-state index contributed by atoms with van der Waals surface area (Å²) in [6, 6.07) is 31.2. The number of carbonyl (C=O) groups is 2. The van der Waals surface area contributed by atoms with Gasteiger partial charge in [0.05, 0.1) is 33.5 Å². The van der Waals surface area contributed by atoms with Gasteiger partial charge in [-0.25, -0.2) is 9.97 Å². The topological polar surface area (TPSA) is 84.0 Å². The number of fused-ring (bicyclic) bond motifs is 2. The number of hydrogen-bond acceptors (Lipinski definition) is 4. The fourth-order valence-corrected chi connectivity index (χ4v) is 5.90. The molecule has 0 bridgehead atoms. The molecule has 224 valence electrons. The molecule has 6 aromatic rings. The minimum Gasteiger partial charge on any atom is -0.350 e. The first kappa shape index (κ1) is 29.7. The fraction of sp³-hybridized carbons (Fsp3) is 0.179. The number of amides is 2. The molecule has 2 heterocycles. The van der Waals surface area contributed by atoms with Gasteiger partial charge in [-0.1, -0.05) is 83.9 Å². The lowest BCUT2D eigenvalue weighted by Gasteiger charge is -2.17. The van der Waals surface area contributed by atoms with E-state index in [0.29, 0.717) is 11.1 Å². The van der Waals surface area contributed by atoms with Gasteiger partial charge in [-0.3, -0.25) is 9.59 Å². The first-order chi connectivity index (χ1) is 21.7. The van der Waals surface area contributed by atoms with Crippen LogP contribution in [0.2, 0.25) is 0 Å². The Morgan fingerprint density at radius 2 is 1.09 bits per heavy atom. The third kappa shape index (κ3) is 6.18. The summed E-state index contributed by atoms with van der Waals surface area (Å²) in [7, 11) is 0. The maximum Gasteiger partial charge on any atom is 0.252 e. The van der Waals surface area contributed by atoms with Crippen LogP contribution in [0.1, 0.15) is 49.9 Å². The molecule has 6 heteroatoms. The number of pyridine rings is 2. The Morgan fingerprint density at radius 1 is 0.622 bits per heavy atom. The zero-order valence-electron chi connectivity index (χ0n) is 26.2. The summed E-state index contributed by atoms with van der Waals surface area (Å²) in [5.74, 6) is -0.430. The summed E-state index contributed by atoms with van der Waals surface area (Å²) < 4.78 is 0. The van der Waals surface area contributed by atoms with Gasteiger partial charge in [0.1, 0.15) is 0 Å². The van der Waals surface area contributed by atoms with Crippen LogP contribution in [0.5, 0.6) is 0 Å². The van der Waals surface area contributed by atoms with E-state index in [4.69, 9.17) is 9.97 Å². The summed E-state index contributed by atoms with van der Waals surface area (Å²) in [5, 5.41) is 7.69. The number of nitrogens with zero attached hydrogens (tertiary/aromatic N) is 2. The number of carbonyl (C=O) groups excluding carboxylic acids is 2. The van der Waals surface area contributed by atoms with Gasteiger partial charge < -0.3 is 10.6 Å². The van der Waals surface area contributed by atoms with E-state index < -0.39 is 0 Å². The molecular weight excluding hydrogens is 556 g/mol. The second kappa shape index (κ2) is 12.3. The second-order valence-electron chi connectivity index (χ2n) is 11.9. The van der Waals surface area contributed by atoms with E-state index in [1.165, 1.54) is 11.1 Å². The van der Waals surface area contributed by atoms with Gasteiger partial charge in [0, 0.05) is 34.5 Å². The molecule has 0 saturated heterocycles. The Bertz CT molecular complexity index is 2100. The van der Waals surface area contributed by atoms with E-state index in [-0.39, 0.29) is 24.4 Å².